The summed E-state index contributed by atoms with van der Waals surface area (Å²) in [6, 6.07) is 13.5. The van der Waals surface area contributed by atoms with E-state index in [4.69, 9.17) is 0 Å². The number of benzene rings is 2. The molecule has 154 valence electrons. The van der Waals surface area contributed by atoms with Crippen LogP contribution in [-0.4, -0.2) is 49.7 Å². The molecular formula is C20H19F3N2O3S. The topological polar surface area (TPSA) is 57.7 Å². The van der Waals surface area contributed by atoms with Gasteiger partial charge >= 0.3 is 6.18 Å². The van der Waals surface area contributed by atoms with Crippen molar-refractivity contribution < 1.29 is 26.4 Å². The van der Waals surface area contributed by atoms with E-state index in [-0.39, 0.29) is 26.2 Å². The van der Waals surface area contributed by atoms with Gasteiger partial charge in [-0.3, -0.25) is 4.79 Å². The summed E-state index contributed by atoms with van der Waals surface area (Å²) in [6.07, 6.45) is -3.16. The van der Waals surface area contributed by atoms with Crippen molar-refractivity contribution in [2.75, 3.05) is 26.2 Å². The number of alkyl halides is 3. The third kappa shape index (κ3) is 5.04. The van der Waals surface area contributed by atoms with Crippen LogP contribution < -0.4 is 0 Å². The summed E-state index contributed by atoms with van der Waals surface area (Å²) >= 11 is 0. The molecule has 29 heavy (non-hydrogen) atoms. The largest absolute Gasteiger partial charge is 0.417 e. The molecule has 0 aliphatic carbocycles. The van der Waals surface area contributed by atoms with Crippen LogP contribution in [0.4, 0.5) is 13.2 Å². The quantitative estimate of drug-likeness (QED) is 0.755. The Bertz CT molecular complexity index is 997. The average Bonchev–Trinajstić information content (AvgIpc) is 2.72. The van der Waals surface area contributed by atoms with Crippen LogP contribution in [-0.2, 0) is 16.2 Å². The molecule has 0 spiro atoms. The van der Waals surface area contributed by atoms with Crippen molar-refractivity contribution in [3.63, 3.8) is 0 Å². The number of hydrogen-bond donors (Lipinski definition) is 0. The van der Waals surface area contributed by atoms with Crippen LogP contribution >= 0.6 is 0 Å². The summed E-state index contributed by atoms with van der Waals surface area (Å²) < 4.78 is 65.6. The molecule has 0 bridgehead atoms. The molecule has 1 heterocycles. The van der Waals surface area contributed by atoms with E-state index in [0.29, 0.717) is 0 Å². The van der Waals surface area contributed by atoms with Gasteiger partial charge < -0.3 is 4.90 Å². The van der Waals surface area contributed by atoms with Crippen molar-refractivity contribution in [2.24, 2.45) is 0 Å². The first kappa shape index (κ1) is 21.1. The second-order valence-electron chi connectivity index (χ2n) is 6.49. The Hall–Kier alpha value is -2.65. The maximum absolute atomic E-state index is 13.2. The highest BCUT2D eigenvalue weighted by atomic mass is 32.2. The van der Waals surface area contributed by atoms with Crippen LogP contribution in [0.15, 0.2) is 60.0 Å². The second kappa shape index (κ2) is 8.38. The number of halogens is 3. The van der Waals surface area contributed by atoms with Gasteiger partial charge in [-0.15, -0.1) is 0 Å². The number of carbonyl (C=O) groups is 1. The predicted molar refractivity (Wildman–Crippen MR) is 103 cm³/mol. The molecule has 1 aliphatic heterocycles. The van der Waals surface area contributed by atoms with Gasteiger partial charge in [0, 0.05) is 31.6 Å². The Morgan fingerprint density at radius 2 is 1.48 bits per heavy atom. The van der Waals surface area contributed by atoms with Crippen molar-refractivity contribution >= 4 is 22.0 Å². The number of sulfonamides is 1. The average molecular weight is 424 g/mol. The van der Waals surface area contributed by atoms with Crippen LogP contribution in [0.3, 0.4) is 0 Å². The van der Waals surface area contributed by atoms with E-state index in [1.165, 1.54) is 27.4 Å². The third-order valence-electron chi connectivity index (χ3n) is 4.58. The zero-order valence-corrected chi connectivity index (χ0v) is 16.2. The zero-order valence-electron chi connectivity index (χ0n) is 15.3. The van der Waals surface area contributed by atoms with E-state index in [0.717, 1.165) is 23.1 Å². The first-order valence-corrected chi connectivity index (χ1v) is 10.4. The van der Waals surface area contributed by atoms with Gasteiger partial charge in [-0.05, 0) is 23.8 Å². The standard InChI is InChI=1S/C20H19F3N2O3S/c21-20(22,23)18-9-5-4-8-17(18)19(26)24-11-13-25(14-12-24)29(27,28)15-10-16-6-2-1-3-7-16/h1-10,15H,11-14H2. The Kier molecular flexibility index (Phi) is 6.09. The molecule has 0 radical (unpaired) electrons. The predicted octanol–water partition coefficient (Wildman–Crippen LogP) is 3.46. The molecule has 1 fully saturated rings. The summed E-state index contributed by atoms with van der Waals surface area (Å²) in [4.78, 5) is 13.8. The number of piperazine rings is 1. The first-order valence-electron chi connectivity index (χ1n) is 8.87. The van der Waals surface area contributed by atoms with Gasteiger partial charge in [-0.2, -0.15) is 17.5 Å². The Morgan fingerprint density at radius 3 is 2.10 bits per heavy atom. The molecule has 0 atom stereocenters. The van der Waals surface area contributed by atoms with Gasteiger partial charge in [0.2, 0.25) is 10.0 Å². The summed E-state index contributed by atoms with van der Waals surface area (Å²) in [7, 11) is -3.69. The highest BCUT2D eigenvalue weighted by Gasteiger charge is 2.37. The highest BCUT2D eigenvalue weighted by Crippen LogP contribution is 2.32. The molecule has 2 aromatic rings. The van der Waals surface area contributed by atoms with E-state index in [1.54, 1.807) is 24.3 Å². The number of rotatable bonds is 4. The summed E-state index contributed by atoms with van der Waals surface area (Å²) in [5.41, 5.74) is -0.695. The lowest BCUT2D eigenvalue weighted by molar-refractivity contribution is -0.138. The minimum atomic E-state index is -4.64. The first-order chi connectivity index (χ1) is 13.7. The minimum absolute atomic E-state index is 0.0153. The molecule has 0 unspecified atom stereocenters. The van der Waals surface area contributed by atoms with E-state index in [1.807, 2.05) is 6.07 Å². The van der Waals surface area contributed by atoms with Gasteiger partial charge in [0.25, 0.3) is 5.91 Å². The van der Waals surface area contributed by atoms with Gasteiger partial charge in [0.1, 0.15) is 0 Å². The van der Waals surface area contributed by atoms with Gasteiger partial charge in [-0.25, -0.2) is 8.42 Å². The van der Waals surface area contributed by atoms with Crippen molar-refractivity contribution in [3.05, 3.63) is 76.7 Å². The lowest BCUT2D eigenvalue weighted by atomic mass is 10.1. The molecule has 3 rings (SSSR count). The van der Waals surface area contributed by atoms with Crippen LogP contribution in [0, 0.1) is 0 Å². The van der Waals surface area contributed by atoms with Crippen molar-refractivity contribution in [1.82, 2.24) is 9.21 Å². The second-order valence-corrected chi connectivity index (χ2v) is 8.31. The minimum Gasteiger partial charge on any atom is -0.336 e. The molecular weight excluding hydrogens is 405 g/mol. The Balaban J connectivity index is 1.68. The molecule has 0 N–H and O–H groups in total. The van der Waals surface area contributed by atoms with Crippen LogP contribution in [0.5, 0.6) is 0 Å². The monoisotopic (exact) mass is 424 g/mol. The van der Waals surface area contributed by atoms with Crippen LogP contribution in [0.25, 0.3) is 6.08 Å². The van der Waals surface area contributed by atoms with E-state index in [2.05, 4.69) is 0 Å². The normalized spacial score (nSPS) is 16.3. The van der Waals surface area contributed by atoms with Gasteiger partial charge in [0.15, 0.2) is 0 Å². The maximum atomic E-state index is 13.2. The molecule has 5 nitrogen and oxygen atoms in total. The Morgan fingerprint density at radius 1 is 0.897 bits per heavy atom. The summed E-state index contributed by atoms with van der Waals surface area (Å²) in [5, 5.41) is 1.10. The SMILES string of the molecule is O=C(c1ccccc1C(F)(F)F)N1CCN(S(=O)(=O)C=Cc2ccccc2)CC1. The fourth-order valence-electron chi connectivity index (χ4n) is 3.05. The molecule has 0 aromatic heterocycles. The van der Waals surface area contributed by atoms with Gasteiger partial charge in [-0.1, -0.05) is 42.5 Å². The number of nitrogens with zero attached hydrogens (tertiary/aromatic N) is 2. The van der Waals surface area contributed by atoms with Crippen molar-refractivity contribution in [3.8, 4) is 0 Å². The molecule has 9 heteroatoms. The smallest absolute Gasteiger partial charge is 0.336 e. The number of amides is 1. The molecule has 1 amide bonds. The van der Waals surface area contributed by atoms with Crippen molar-refractivity contribution in [2.45, 2.75) is 6.18 Å². The lowest BCUT2D eigenvalue weighted by Gasteiger charge is -2.33. The van der Waals surface area contributed by atoms with E-state index < -0.39 is 33.2 Å². The third-order valence-corrected chi connectivity index (χ3v) is 6.15. The fraction of sp³-hybridized carbons (Fsp3) is 0.250. The molecule has 1 saturated heterocycles. The highest BCUT2D eigenvalue weighted by molar-refractivity contribution is 7.92. The fourth-order valence-corrected chi connectivity index (χ4v) is 4.22. The van der Waals surface area contributed by atoms with E-state index in [9.17, 15) is 26.4 Å². The molecule has 1 aliphatic rings. The summed E-state index contributed by atoms with van der Waals surface area (Å²) in [5.74, 6) is -0.755. The van der Waals surface area contributed by atoms with Crippen LogP contribution in [0.2, 0.25) is 0 Å². The maximum Gasteiger partial charge on any atom is 0.417 e. The van der Waals surface area contributed by atoms with Gasteiger partial charge in [0.05, 0.1) is 11.1 Å². The lowest BCUT2D eigenvalue weighted by Crippen LogP contribution is -2.50. The molecule has 0 saturated carbocycles. The summed E-state index contributed by atoms with van der Waals surface area (Å²) in [6.45, 7) is 0.0651. The van der Waals surface area contributed by atoms with Crippen LogP contribution in [0.1, 0.15) is 21.5 Å². The number of hydrogen-bond acceptors (Lipinski definition) is 3. The Labute approximate surface area is 167 Å². The van der Waals surface area contributed by atoms with Crippen molar-refractivity contribution in [1.29, 1.82) is 0 Å². The zero-order chi connectivity index (χ0) is 21.1. The number of carbonyl (C=O) groups excluding carboxylic acids is 1. The molecule has 2 aromatic carbocycles. The van der Waals surface area contributed by atoms with E-state index >= 15 is 0 Å².